The van der Waals surface area contributed by atoms with E-state index in [-0.39, 0.29) is 11.8 Å². The lowest BCUT2D eigenvalue weighted by Crippen LogP contribution is -2.60. The maximum absolute atomic E-state index is 15.0. The van der Waals surface area contributed by atoms with Gasteiger partial charge in [-0.2, -0.15) is 0 Å². The summed E-state index contributed by atoms with van der Waals surface area (Å²) in [5.41, 5.74) is 1.16. The van der Waals surface area contributed by atoms with Gasteiger partial charge in [-0.1, -0.05) is 12.1 Å². The van der Waals surface area contributed by atoms with Crippen LogP contribution in [0.1, 0.15) is 38.2 Å². The second kappa shape index (κ2) is 8.48. The zero-order chi connectivity index (χ0) is 23.3. The lowest BCUT2D eigenvalue weighted by molar-refractivity contribution is -0.119. The number of amidine groups is 1. The Balaban J connectivity index is 1.20. The summed E-state index contributed by atoms with van der Waals surface area (Å²) in [6.45, 7) is 3.52. The summed E-state index contributed by atoms with van der Waals surface area (Å²) in [4.78, 5) is 29.0. The summed E-state index contributed by atoms with van der Waals surface area (Å²) in [6.07, 6.45) is 6.59. The minimum atomic E-state index is -1.07. The van der Waals surface area contributed by atoms with E-state index in [1.165, 1.54) is 17.3 Å². The number of nitrogens with zero attached hydrogens (tertiary/aromatic N) is 4. The molecule has 34 heavy (non-hydrogen) atoms. The largest absolute Gasteiger partial charge is 0.350 e. The molecule has 6 rings (SSSR count). The lowest BCUT2D eigenvalue weighted by atomic mass is 9.91. The normalized spacial score (nSPS) is 21.1. The Labute approximate surface area is 203 Å². The van der Waals surface area contributed by atoms with Crippen molar-refractivity contribution in [1.29, 1.82) is 0 Å². The van der Waals surface area contributed by atoms with E-state index in [1.54, 1.807) is 0 Å². The molecule has 0 radical (unpaired) electrons. The highest BCUT2D eigenvalue weighted by molar-refractivity contribution is 7.99. The third-order valence-electron chi connectivity index (χ3n) is 6.91. The van der Waals surface area contributed by atoms with Crippen molar-refractivity contribution >= 4 is 35.0 Å². The smallest absolute Gasteiger partial charge is 0.196 e. The summed E-state index contributed by atoms with van der Waals surface area (Å²) in [7, 11) is 0. The molecule has 2 aliphatic carbocycles. The Kier molecular flexibility index (Phi) is 5.43. The van der Waals surface area contributed by atoms with Crippen molar-refractivity contribution in [3.05, 3.63) is 47.5 Å². The summed E-state index contributed by atoms with van der Waals surface area (Å²) >= 11 is 1.47. The van der Waals surface area contributed by atoms with Gasteiger partial charge in [0, 0.05) is 23.3 Å². The van der Waals surface area contributed by atoms with Crippen LogP contribution in [-0.2, 0) is 11.2 Å². The predicted octanol–water partition coefficient (Wildman–Crippen LogP) is 4.86. The highest BCUT2D eigenvalue weighted by atomic mass is 32.2. The summed E-state index contributed by atoms with van der Waals surface area (Å²) in [6, 6.07) is 9.93. The number of nitrogens with one attached hydrogen (secondary N) is 1. The van der Waals surface area contributed by atoms with Crippen LogP contribution in [0.25, 0.3) is 0 Å². The molecule has 2 aromatic rings. The molecule has 1 N–H and O–H groups in total. The van der Waals surface area contributed by atoms with Gasteiger partial charge >= 0.3 is 0 Å². The molecule has 1 aromatic heterocycles. The molecule has 0 unspecified atom stereocenters. The first-order valence-electron chi connectivity index (χ1n) is 12.0. The first-order valence-corrected chi connectivity index (χ1v) is 12.9. The number of benzene rings is 1. The van der Waals surface area contributed by atoms with Crippen LogP contribution in [0.3, 0.4) is 0 Å². The van der Waals surface area contributed by atoms with Gasteiger partial charge < -0.3 is 10.2 Å². The Morgan fingerprint density at radius 1 is 1.18 bits per heavy atom. The van der Waals surface area contributed by atoms with Gasteiger partial charge in [0.2, 0.25) is 0 Å². The van der Waals surface area contributed by atoms with Gasteiger partial charge in [0.15, 0.2) is 5.16 Å². The highest BCUT2D eigenvalue weighted by Gasteiger charge is 2.54. The number of Topliss-reactive ketones (excluding diaryl/α,β-unsaturated/α-hetero) is 1. The number of halogens is 1. The maximum atomic E-state index is 15.0. The average Bonchev–Trinajstić information content (AvgIpc) is 3.71. The third kappa shape index (κ3) is 4.73. The predicted molar refractivity (Wildman–Crippen MR) is 132 cm³/mol. The van der Waals surface area contributed by atoms with Crippen molar-refractivity contribution in [1.82, 2.24) is 9.97 Å². The fourth-order valence-electron chi connectivity index (χ4n) is 4.57. The molecular weight excluding hydrogens is 449 g/mol. The van der Waals surface area contributed by atoms with E-state index in [1.807, 2.05) is 48.2 Å². The standard InChI is InChI=1S/C26H28FN5OS/c1-16-10-22(28-13-16)29-23-12-24(32-14-26(27,15-32)19-6-7-19)31-25(30-23)34-20-8-2-17(3-9-20)11-21(33)18-4-5-18/h2-3,8-10,12,18-19H,4-7,11,13-15H2,1H3,(H,28,29,30,31). The van der Waals surface area contributed by atoms with Gasteiger partial charge in [0.1, 0.15) is 28.9 Å². The van der Waals surface area contributed by atoms with Crippen LogP contribution in [0.4, 0.5) is 16.0 Å². The molecule has 8 heteroatoms. The van der Waals surface area contributed by atoms with Crippen LogP contribution in [-0.4, -0.2) is 46.9 Å². The number of anilines is 2. The Morgan fingerprint density at radius 3 is 2.59 bits per heavy atom. The van der Waals surface area contributed by atoms with E-state index in [4.69, 9.17) is 9.97 Å². The summed E-state index contributed by atoms with van der Waals surface area (Å²) in [5, 5.41) is 3.90. The molecule has 2 aliphatic heterocycles. The zero-order valence-electron chi connectivity index (χ0n) is 19.3. The zero-order valence-corrected chi connectivity index (χ0v) is 20.1. The molecule has 4 aliphatic rings. The summed E-state index contributed by atoms with van der Waals surface area (Å²) in [5.74, 6) is 3.01. The number of aliphatic imine (C=N–C) groups is 1. The molecule has 6 nitrogen and oxygen atoms in total. The molecule has 0 atom stereocenters. The minimum Gasteiger partial charge on any atom is -0.350 e. The van der Waals surface area contributed by atoms with E-state index >= 15 is 0 Å². The molecule has 176 valence electrons. The molecule has 1 saturated heterocycles. The number of hydrogen-bond donors (Lipinski definition) is 1. The number of carbonyl (C=O) groups is 1. The van der Waals surface area contributed by atoms with E-state index in [0.29, 0.717) is 42.8 Å². The quantitative estimate of drug-likeness (QED) is 0.548. The van der Waals surface area contributed by atoms with Crippen molar-refractivity contribution in [3.63, 3.8) is 0 Å². The molecule has 2 saturated carbocycles. The van der Waals surface area contributed by atoms with Gasteiger partial charge in [-0.15, -0.1) is 0 Å². The number of hydrogen-bond acceptors (Lipinski definition) is 7. The van der Waals surface area contributed by atoms with Gasteiger partial charge in [-0.3, -0.25) is 9.79 Å². The van der Waals surface area contributed by atoms with Crippen LogP contribution in [0.5, 0.6) is 0 Å². The van der Waals surface area contributed by atoms with Crippen LogP contribution < -0.4 is 10.2 Å². The Hall–Kier alpha value is -2.74. The second-order valence-electron chi connectivity index (χ2n) is 10.0. The Morgan fingerprint density at radius 2 is 1.94 bits per heavy atom. The van der Waals surface area contributed by atoms with Crippen molar-refractivity contribution in [2.45, 2.75) is 54.7 Å². The van der Waals surface area contributed by atoms with Crippen molar-refractivity contribution in [2.24, 2.45) is 16.8 Å². The van der Waals surface area contributed by atoms with Gasteiger partial charge in [-0.25, -0.2) is 14.4 Å². The number of aromatic nitrogens is 2. The molecule has 0 amide bonds. The second-order valence-corrected chi connectivity index (χ2v) is 11.1. The molecule has 0 spiro atoms. The fraction of sp³-hybridized carbons (Fsp3) is 0.462. The van der Waals surface area contributed by atoms with Gasteiger partial charge in [-0.05, 0) is 79.6 Å². The van der Waals surface area contributed by atoms with Crippen LogP contribution >= 0.6 is 11.8 Å². The van der Waals surface area contributed by atoms with Crippen LogP contribution in [0.2, 0.25) is 0 Å². The van der Waals surface area contributed by atoms with Crippen molar-refractivity contribution in [3.8, 4) is 0 Å². The number of carbonyl (C=O) groups excluding carboxylic acids is 1. The van der Waals surface area contributed by atoms with E-state index in [2.05, 4.69) is 10.3 Å². The lowest BCUT2D eigenvalue weighted by Gasteiger charge is -2.45. The summed E-state index contributed by atoms with van der Waals surface area (Å²) < 4.78 is 15.0. The number of rotatable bonds is 8. The molecular formula is C26H28FN5OS. The molecule has 0 bridgehead atoms. The van der Waals surface area contributed by atoms with Gasteiger partial charge in [0.05, 0.1) is 19.6 Å². The molecule has 3 fully saturated rings. The number of ketones is 1. The van der Waals surface area contributed by atoms with Crippen LogP contribution in [0.15, 0.2) is 57.0 Å². The van der Waals surface area contributed by atoms with Gasteiger partial charge in [0.25, 0.3) is 0 Å². The maximum Gasteiger partial charge on any atom is 0.196 e. The van der Waals surface area contributed by atoms with E-state index in [9.17, 15) is 9.18 Å². The third-order valence-corrected chi connectivity index (χ3v) is 7.79. The average molecular weight is 478 g/mol. The van der Waals surface area contributed by atoms with Crippen LogP contribution in [0, 0.1) is 11.8 Å². The first-order chi connectivity index (χ1) is 16.4. The highest BCUT2D eigenvalue weighted by Crippen LogP contribution is 2.48. The SMILES string of the molecule is CC1=CC(Nc2cc(N3CC(F)(C4CC4)C3)nc(Sc3ccc(CC(=O)C4CC4)cc3)n2)=NC1. The van der Waals surface area contributed by atoms with E-state index < -0.39 is 5.67 Å². The minimum absolute atomic E-state index is 0.211. The van der Waals surface area contributed by atoms with Crippen molar-refractivity contribution < 1.29 is 9.18 Å². The van der Waals surface area contributed by atoms with Crippen molar-refractivity contribution in [2.75, 3.05) is 29.9 Å². The van der Waals surface area contributed by atoms with E-state index in [0.717, 1.165) is 47.8 Å². The topological polar surface area (TPSA) is 70.5 Å². The Bertz CT molecular complexity index is 1180. The first kappa shape index (κ1) is 21.8. The monoisotopic (exact) mass is 477 g/mol. The number of alkyl halides is 1. The molecule has 1 aromatic carbocycles. The molecule has 3 heterocycles. The fourth-order valence-corrected chi connectivity index (χ4v) is 5.33.